The first-order valence-corrected chi connectivity index (χ1v) is 4.45. The number of nitrogen functional groups attached to an aromatic ring is 1. The van der Waals surface area contributed by atoms with Gasteiger partial charge in [-0.15, -0.1) is 6.58 Å². The van der Waals surface area contributed by atoms with Crippen LogP contribution >= 0.6 is 0 Å². The number of nitrogens with two attached hydrogens (primary N) is 1. The van der Waals surface area contributed by atoms with E-state index in [1.165, 1.54) is 0 Å². The standard InChI is InChI=1S/C10H15N3O/c1-2-5-13(6-7-14)10-3-4-12-8-9(10)11/h2-4,8,14H,1,5-7,11H2. The normalized spacial score (nSPS) is 9.79. The summed E-state index contributed by atoms with van der Waals surface area (Å²) in [6.07, 6.45) is 5.05. The van der Waals surface area contributed by atoms with Crippen LogP contribution in [0.25, 0.3) is 0 Å². The number of nitrogens with zero attached hydrogens (tertiary/aromatic N) is 2. The molecule has 0 atom stereocenters. The van der Waals surface area contributed by atoms with Crippen LogP contribution in [0.3, 0.4) is 0 Å². The fourth-order valence-electron chi connectivity index (χ4n) is 1.27. The summed E-state index contributed by atoms with van der Waals surface area (Å²) < 4.78 is 0. The van der Waals surface area contributed by atoms with Crippen molar-refractivity contribution in [3.63, 3.8) is 0 Å². The summed E-state index contributed by atoms with van der Waals surface area (Å²) in [6.45, 7) is 4.95. The smallest absolute Gasteiger partial charge is 0.0738 e. The van der Waals surface area contributed by atoms with E-state index in [0.29, 0.717) is 18.8 Å². The second-order valence-electron chi connectivity index (χ2n) is 2.89. The predicted octanol–water partition coefficient (Wildman–Crippen LogP) is 0.648. The maximum Gasteiger partial charge on any atom is 0.0738 e. The molecule has 1 rings (SSSR count). The molecule has 14 heavy (non-hydrogen) atoms. The van der Waals surface area contributed by atoms with Gasteiger partial charge in [-0.25, -0.2) is 0 Å². The lowest BCUT2D eigenvalue weighted by molar-refractivity contribution is 0.303. The molecule has 0 saturated heterocycles. The van der Waals surface area contributed by atoms with E-state index in [9.17, 15) is 0 Å². The molecular weight excluding hydrogens is 178 g/mol. The van der Waals surface area contributed by atoms with Crippen LogP contribution in [-0.4, -0.2) is 29.8 Å². The molecule has 0 unspecified atom stereocenters. The van der Waals surface area contributed by atoms with Crippen molar-refractivity contribution in [2.24, 2.45) is 0 Å². The van der Waals surface area contributed by atoms with Gasteiger partial charge in [-0.3, -0.25) is 4.98 Å². The van der Waals surface area contributed by atoms with Crippen LogP contribution in [0.4, 0.5) is 11.4 Å². The lowest BCUT2D eigenvalue weighted by Crippen LogP contribution is -2.27. The molecule has 76 valence electrons. The average Bonchev–Trinajstić information content (AvgIpc) is 2.18. The summed E-state index contributed by atoms with van der Waals surface area (Å²) in [4.78, 5) is 5.86. The van der Waals surface area contributed by atoms with Crippen LogP contribution in [0.2, 0.25) is 0 Å². The molecule has 0 aliphatic rings. The zero-order chi connectivity index (χ0) is 10.4. The van der Waals surface area contributed by atoms with Gasteiger partial charge in [0, 0.05) is 19.3 Å². The minimum Gasteiger partial charge on any atom is -0.396 e. The maximum absolute atomic E-state index is 8.88. The molecule has 0 aliphatic carbocycles. The van der Waals surface area contributed by atoms with E-state index < -0.39 is 0 Å². The third-order valence-corrected chi connectivity index (χ3v) is 1.89. The van der Waals surface area contributed by atoms with Gasteiger partial charge >= 0.3 is 0 Å². The Kier molecular flexibility index (Phi) is 3.94. The Bertz CT molecular complexity index is 301. The minimum absolute atomic E-state index is 0.0929. The van der Waals surface area contributed by atoms with E-state index in [0.717, 1.165) is 5.69 Å². The Morgan fingerprint density at radius 1 is 1.64 bits per heavy atom. The lowest BCUT2D eigenvalue weighted by Gasteiger charge is -2.23. The highest BCUT2D eigenvalue weighted by Crippen LogP contribution is 2.20. The summed E-state index contributed by atoms with van der Waals surface area (Å²) in [5.41, 5.74) is 7.26. The molecule has 0 radical (unpaired) electrons. The van der Waals surface area contributed by atoms with Crippen molar-refractivity contribution in [1.82, 2.24) is 4.98 Å². The molecule has 0 aromatic carbocycles. The number of aliphatic hydroxyl groups is 1. The summed E-state index contributed by atoms with van der Waals surface area (Å²) in [5, 5.41) is 8.88. The molecular formula is C10H15N3O. The van der Waals surface area contributed by atoms with Gasteiger partial charge in [-0.2, -0.15) is 0 Å². The van der Waals surface area contributed by atoms with Gasteiger partial charge in [-0.05, 0) is 6.07 Å². The van der Waals surface area contributed by atoms with Crippen molar-refractivity contribution in [2.45, 2.75) is 0 Å². The molecule has 4 nitrogen and oxygen atoms in total. The minimum atomic E-state index is 0.0929. The van der Waals surface area contributed by atoms with E-state index in [1.54, 1.807) is 18.5 Å². The largest absolute Gasteiger partial charge is 0.396 e. The van der Waals surface area contributed by atoms with Crippen LogP contribution in [0.5, 0.6) is 0 Å². The monoisotopic (exact) mass is 193 g/mol. The number of pyridine rings is 1. The number of aromatic nitrogens is 1. The molecule has 0 saturated carbocycles. The fraction of sp³-hybridized carbons (Fsp3) is 0.300. The topological polar surface area (TPSA) is 62.4 Å². The maximum atomic E-state index is 8.88. The molecule has 0 spiro atoms. The molecule has 4 heteroatoms. The number of anilines is 2. The number of hydrogen-bond donors (Lipinski definition) is 2. The van der Waals surface area contributed by atoms with Crippen molar-refractivity contribution in [1.29, 1.82) is 0 Å². The van der Waals surface area contributed by atoms with Crippen LogP contribution in [0.15, 0.2) is 31.1 Å². The fourth-order valence-corrected chi connectivity index (χ4v) is 1.27. The Balaban J connectivity index is 2.86. The zero-order valence-electron chi connectivity index (χ0n) is 8.06. The van der Waals surface area contributed by atoms with E-state index in [-0.39, 0.29) is 6.61 Å². The van der Waals surface area contributed by atoms with Gasteiger partial charge in [0.2, 0.25) is 0 Å². The van der Waals surface area contributed by atoms with Gasteiger partial charge < -0.3 is 15.7 Å². The molecule has 1 aromatic heterocycles. The highest BCUT2D eigenvalue weighted by atomic mass is 16.3. The Morgan fingerprint density at radius 2 is 2.43 bits per heavy atom. The number of hydrogen-bond acceptors (Lipinski definition) is 4. The average molecular weight is 193 g/mol. The third-order valence-electron chi connectivity index (χ3n) is 1.89. The van der Waals surface area contributed by atoms with Crippen molar-refractivity contribution >= 4 is 11.4 Å². The van der Waals surface area contributed by atoms with Crippen molar-refractivity contribution in [3.8, 4) is 0 Å². The van der Waals surface area contributed by atoms with E-state index in [2.05, 4.69) is 11.6 Å². The van der Waals surface area contributed by atoms with Crippen LogP contribution in [0.1, 0.15) is 0 Å². The van der Waals surface area contributed by atoms with Crippen molar-refractivity contribution < 1.29 is 5.11 Å². The van der Waals surface area contributed by atoms with E-state index >= 15 is 0 Å². The second kappa shape index (κ2) is 5.24. The quantitative estimate of drug-likeness (QED) is 0.674. The van der Waals surface area contributed by atoms with Crippen LogP contribution < -0.4 is 10.6 Å². The Morgan fingerprint density at radius 3 is 3.00 bits per heavy atom. The van der Waals surface area contributed by atoms with Gasteiger partial charge in [0.25, 0.3) is 0 Å². The molecule has 1 aromatic rings. The molecule has 3 N–H and O–H groups in total. The van der Waals surface area contributed by atoms with Crippen molar-refractivity contribution in [2.75, 3.05) is 30.3 Å². The molecule has 0 bridgehead atoms. The SMILES string of the molecule is C=CCN(CCO)c1ccncc1N. The molecule has 0 aliphatic heterocycles. The first kappa shape index (κ1) is 10.5. The first-order valence-electron chi connectivity index (χ1n) is 4.45. The van der Waals surface area contributed by atoms with Crippen LogP contribution in [-0.2, 0) is 0 Å². The second-order valence-corrected chi connectivity index (χ2v) is 2.89. The molecule has 0 amide bonds. The molecule has 1 heterocycles. The highest BCUT2D eigenvalue weighted by Gasteiger charge is 2.06. The highest BCUT2D eigenvalue weighted by molar-refractivity contribution is 5.66. The Hall–Kier alpha value is -1.55. The predicted molar refractivity (Wildman–Crippen MR) is 58.1 cm³/mol. The van der Waals surface area contributed by atoms with Crippen LogP contribution in [0, 0.1) is 0 Å². The van der Waals surface area contributed by atoms with E-state index in [4.69, 9.17) is 10.8 Å². The van der Waals surface area contributed by atoms with Gasteiger partial charge in [0.15, 0.2) is 0 Å². The summed E-state index contributed by atoms with van der Waals surface area (Å²) in [6, 6.07) is 1.83. The first-order chi connectivity index (χ1) is 6.79. The van der Waals surface area contributed by atoms with Gasteiger partial charge in [-0.1, -0.05) is 6.08 Å². The number of rotatable bonds is 5. The summed E-state index contributed by atoms with van der Waals surface area (Å²) in [5.74, 6) is 0. The van der Waals surface area contributed by atoms with Gasteiger partial charge in [0.05, 0.1) is 24.2 Å². The zero-order valence-corrected chi connectivity index (χ0v) is 8.06. The Labute approximate surface area is 83.7 Å². The number of aliphatic hydroxyl groups excluding tert-OH is 1. The lowest BCUT2D eigenvalue weighted by atomic mass is 10.3. The summed E-state index contributed by atoms with van der Waals surface area (Å²) >= 11 is 0. The molecule has 0 fully saturated rings. The van der Waals surface area contributed by atoms with E-state index in [1.807, 2.05) is 11.0 Å². The summed E-state index contributed by atoms with van der Waals surface area (Å²) in [7, 11) is 0. The van der Waals surface area contributed by atoms with Gasteiger partial charge in [0.1, 0.15) is 0 Å². The third kappa shape index (κ3) is 2.47. The van der Waals surface area contributed by atoms with Crippen molar-refractivity contribution in [3.05, 3.63) is 31.1 Å².